The van der Waals surface area contributed by atoms with Crippen LogP contribution in [-0.4, -0.2) is 0 Å². The minimum Gasteiger partial charge on any atom is -0.485 e. The predicted octanol–water partition coefficient (Wildman–Crippen LogP) is 11.6. The van der Waals surface area contributed by atoms with Crippen molar-refractivity contribution in [1.29, 1.82) is 0 Å². The first-order chi connectivity index (χ1) is 26.2. The summed E-state index contributed by atoms with van der Waals surface area (Å²) in [5, 5.41) is 0. The zero-order chi connectivity index (χ0) is 36.5. The van der Waals surface area contributed by atoms with Crippen molar-refractivity contribution in [2.24, 2.45) is 0 Å². The summed E-state index contributed by atoms with van der Waals surface area (Å²) in [7, 11) is 0. The van der Waals surface area contributed by atoms with Gasteiger partial charge in [0, 0.05) is 11.6 Å². The van der Waals surface area contributed by atoms with E-state index >= 15 is 0 Å². The Balaban J connectivity index is 1.44. The van der Waals surface area contributed by atoms with Crippen LogP contribution in [0.2, 0.25) is 0 Å². The van der Waals surface area contributed by atoms with Gasteiger partial charge in [0.1, 0.15) is 32.2 Å². The maximum atomic E-state index is 13.8. The molecule has 0 aliphatic carbocycles. The Morgan fingerprint density at radius 1 is 0.528 bits per heavy atom. The van der Waals surface area contributed by atoms with E-state index in [0.717, 1.165) is 35.1 Å². The molecule has 0 fully saturated rings. The third-order valence-corrected chi connectivity index (χ3v) is 8.64. The van der Waals surface area contributed by atoms with Crippen LogP contribution in [0.1, 0.15) is 67.0 Å². The fraction of sp³-hybridized carbons (Fsp3) is 0.213. The van der Waals surface area contributed by atoms with Gasteiger partial charge in [-0.25, -0.2) is 0 Å². The topological polar surface area (TPSA) is 67.1 Å². The molecule has 0 N–H and O–H groups in total. The molecule has 0 aliphatic rings. The molecule has 0 unspecified atom stereocenters. The molecule has 6 nitrogen and oxygen atoms in total. The maximum Gasteiger partial charge on any atom is 0.228 e. The Morgan fingerprint density at radius 2 is 0.981 bits per heavy atom. The van der Waals surface area contributed by atoms with E-state index in [0.29, 0.717) is 35.2 Å². The van der Waals surface area contributed by atoms with Crippen LogP contribution in [0.4, 0.5) is 0 Å². The summed E-state index contributed by atoms with van der Waals surface area (Å²) < 4.78 is 32.4. The fourth-order valence-electron chi connectivity index (χ4n) is 5.79. The Morgan fingerprint density at radius 3 is 1.45 bits per heavy atom. The smallest absolute Gasteiger partial charge is 0.228 e. The molecule has 0 saturated heterocycles. The summed E-state index contributed by atoms with van der Waals surface area (Å²) in [6.07, 6.45) is 9.45. The zero-order valence-corrected chi connectivity index (χ0v) is 30.2. The first-order valence-electron chi connectivity index (χ1n) is 18.4. The van der Waals surface area contributed by atoms with E-state index in [9.17, 15) is 4.79 Å². The molecule has 53 heavy (non-hydrogen) atoms. The van der Waals surface area contributed by atoms with Crippen LogP contribution in [-0.2, 0) is 26.4 Å². The third-order valence-electron chi connectivity index (χ3n) is 8.64. The number of unbranched alkanes of at least 4 members (excludes halogenated alkanes) is 4. The van der Waals surface area contributed by atoms with E-state index in [-0.39, 0.29) is 36.8 Å². The second kappa shape index (κ2) is 19.6. The second-order valence-electron chi connectivity index (χ2n) is 12.8. The van der Waals surface area contributed by atoms with Crippen molar-refractivity contribution in [1.82, 2.24) is 0 Å². The van der Waals surface area contributed by atoms with E-state index in [1.807, 2.05) is 140 Å². The second-order valence-corrected chi connectivity index (χ2v) is 12.8. The van der Waals surface area contributed by atoms with Crippen molar-refractivity contribution in [3.8, 4) is 34.3 Å². The molecule has 0 atom stereocenters. The van der Waals surface area contributed by atoms with Crippen LogP contribution < -0.4 is 24.4 Å². The van der Waals surface area contributed by atoms with Gasteiger partial charge in [-0.05, 0) is 53.3 Å². The highest BCUT2D eigenvalue weighted by Crippen LogP contribution is 2.44. The quantitative estimate of drug-likeness (QED) is 0.0781. The van der Waals surface area contributed by atoms with E-state index in [1.165, 1.54) is 25.3 Å². The van der Waals surface area contributed by atoms with Gasteiger partial charge in [0.05, 0.1) is 0 Å². The van der Waals surface area contributed by atoms with Gasteiger partial charge in [0.25, 0.3) is 0 Å². The zero-order valence-electron chi connectivity index (χ0n) is 30.2. The van der Waals surface area contributed by atoms with Crippen molar-refractivity contribution >= 4 is 6.08 Å². The molecule has 0 saturated carbocycles. The lowest BCUT2D eigenvalue weighted by atomic mass is 10.1. The van der Waals surface area contributed by atoms with Gasteiger partial charge in [0.2, 0.25) is 16.9 Å². The van der Waals surface area contributed by atoms with Crippen LogP contribution in [0.15, 0.2) is 155 Å². The van der Waals surface area contributed by atoms with Crippen molar-refractivity contribution in [2.75, 3.05) is 0 Å². The molecule has 1 aromatic heterocycles. The minimum absolute atomic E-state index is 0.106. The number of hydrogen-bond acceptors (Lipinski definition) is 6. The summed E-state index contributed by atoms with van der Waals surface area (Å²) in [5.41, 5.74) is 4.18. The number of rotatable bonds is 19. The van der Waals surface area contributed by atoms with E-state index < -0.39 is 0 Å². The molecule has 1 heterocycles. The molecule has 6 aromatic rings. The summed E-state index contributed by atoms with van der Waals surface area (Å²) in [4.78, 5) is 13.8. The average molecular weight is 707 g/mol. The van der Waals surface area contributed by atoms with Gasteiger partial charge in [0.15, 0.2) is 17.3 Å². The summed E-state index contributed by atoms with van der Waals surface area (Å²) in [5.74, 6) is 2.16. The van der Waals surface area contributed by atoms with Gasteiger partial charge < -0.3 is 23.4 Å². The molecule has 5 aromatic carbocycles. The number of hydrogen-bond donors (Lipinski definition) is 0. The normalized spacial score (nSPS) is 11.0. The molecule has 6 rings (SSSR count). The molecule has 0 aliphatic heterocycles. The van der Waals surface area contributed by atoms with Crippen molar-refractivity contribution in [2.45, 2.75) is 65.5 Å². The Hall–Kier alpha value is -6.01. The van der Waals surface area contributed by atoms with Crippen molar-refractivity contribution < 1.29 is 23.4 Å². The lowest BCUT2D eigenvalue weighted by Gasteiger charge is -2.20. The van der Waals surface area contributed by atoms with Gasteiger partial charge in [-0.1, -0.05) is 154 Å². The lowest BCUT2D eigenvalue weighted by Crippen LogP contribution is -2.10. The molecule has 0 bridgehead atoms. The highest BCUT2D eigenvalue weighted by molar-refractivity contribution is 5.72. The summed E-state index contributed by atoms with van der Waals surface area (Å²) >= 11 is 0. The number of ether oxygens (including phenoxy) is 4. The Bertz CT molecular complexity index is 2010. The largest absolute Gasteiger partial charge is 0.485 e. The summed E-state index contributed by atoms with van der Waals surface area (Å²) in [6, 6.07) is 44.7. The number of allylic oxidation sites excluding steroid dienone is 1. The van der Waals surface area contributed by atoms with E-state index in [4.69, 9.17) is 23.4 Å². The molecular formula is C47H46O6. The Labute approximate surface area is 312 Å². The standard InChI is InChI=1S/C47H46O6/c1-2-3-4-5-6-19-28-41-31-42(48)46(51-34-38-24-15-9-16-25-38)45(53-41)40-29-43(49-32-36-20-11-7-12-21-36)47(52-35-39-26-17-10-18-27-39)44(30-40)50-33-37-22-13-8-14-23-37/h7-31H,2-6,32-35H2,1H3. The van der Waals surface area contributed by atoms with Crippen molar-refractivity contribution in [3.05, 3.63) is 184 Å². The fourth-order valence-corrected chi connectivity index (χ4v) is 5.79. The van der Waals surface area contributed by atoms with Crippen LogP contribution >= 0.6 is 0 Å². The van der Waals surface area contributed by atoms with E-state index in [2.05, 4.69) is 13.0 Å². The van der Waals surface area contributed by atoms with Crippen LogP contribution in [0.25, 0.3) is 17.4 Å². The van der Waals surface area contributed by atoms with Gasteiger partial charge in [-0.2, -0.15) is 0 Å². The highest BCUT2D eigenvalue weighted by atomic mass is 16.5. The average Bonchev–Trinajstić information content (AvgIpc) is 3.21. The summed E-state index contributed by atoms with van der Waals surface area (Å²) in [6.45, 7) is 3.25. The van der Waals surface area contributed by atoms with E-state index in [1.54, 1.807) is 0 Å². The van der Waals surface area contributed by atoms with Gasteiger partial charge in [-0.3, -0.25) is 4.79 Å². The van der Waals surface area contributed by atoms with Crippen LogP contribution in [0.3, 0.4) is 0 Å². The van der Waals surface area contributed by atoms with Crippen LogP contribution in [0.5, 0.6) is 23.0 Å². The third kappa shape index (κ3) is 11.0. The molecule has 270 valence electrons. The predicted molar refractivity (Wildman–Crippen MR) is 211 cm³/mol. The molecule has 0 amide bonds. The Kier molecular flexibility index (Phi) is 13.6. The van der Waals surface area contributed by atoms with Gasteiger partial charge >= 0.3 is 0 Å². The maximum absolute atomic E-state index is 13.8. The molecule has 0 radical (unpaired) electrons. The van der Waals surface area contributed by atoms with Gasteiger partial charge in [-0.15, -0.1) is 0 Å². The highest BCUT2D eigenvalue weighted by Gasteiger charge is 2.23. The number of benzene rings is 5. The van der Waals surface area contributed by atoms with Crippen LogP contribution in [0, 0.1) is 0 Å². The first-order valence-corrected chi connectivity index (χ1v) is 18.4. The van der Waals surface area contributed by atoms with Crippen molar-refractivity contribution in [3.63, 3.8) is 0 Å². The monoisotopic (exact) mass is 706 g/mol. The lowest BCUT2D eigenvalue weighted by molar-refractivity contribution is 0.230. The molecule has 0 spiro atoms. The molecule has 6 heteroatoms. The molecular weight excluding hydrogens is 661 g/mol. The first kappa shape index (κ1) is 36.8. The minimum atomic E-state index is -0.282. The SMILES string of the molecule is CCCCCCC=Cc1cc(=O)c(OCc2ccccc2)c(-c2cc(OCc3ccccc3)c(OCc3ccccc3)c(OCc3ccccc3)c2)o1.